The summed E-state index contributed by atoms with van der Waals surface area (Å²) in [7, 11) is -1.43. The number of carbonyl (C=O) groups is 2. The minimum absolute atomic E-state index is 0.0860. The van der Waals surface area contributed by atoms with Crippen LogP contribution in [0, 0.1) is 11.3 Å². The summed E-state index contributed by atoms with van der Waals surface area (Å²) in [5.41, 5.74) is 10.1. The normalized spacial score (nSPS) is 26.2. The van der Waals surface area contributed by atoms with E-state index in [0.29, 0.717) is 12.8 Å². The molecule has 3 atom stereocenters. The van der Waals surface area contributed by atoms with Crippen molar-refractivity contribution >= 4 is 19.0 Å². The molecule has 1 heterocycles. The molecule has 7 N–H and O–H groups in total. The van der Waals surface area contributed by atoms with E-state index in [1.54, 1.807) is 0 Å². The lowest BCUT2D eigenvalue weighted by Gasteiger charge is -2.30. The highest BCUT2D eigenvalue weighted by atomic mass is 16.4. The Morgan fingerprint density at radius 1 is 1.39 bits per heavy atom. The fraction of sp³-hybridized carbons (Fsp3) is 0.857. The molecule has 0 aliphatic carbocycles. The van der Waals surface area contributed by atoms with E-state index >= 15 is 0 Å². The van der Waals surface area contributed by atoms with Crippen molar-refractivity contribution in [2.75, 3.05) is 13.1 Å². The summed E-state index contributed by atoms with van der Waals surface area (Å²) in [5, 5.41) is 27.2. The first-order chi connectivity index (χ1) is 10.4. The summed E-state index contributed by atoms with van der Waals surface area (Å²) in [6.45, 7) is 5.67. The van der Waals surface area contributed by atoms with Crippen LogP contribution < -0.4 is 11.5 Å². The van der Waals surface area contributed by atoms with E-state index < -0.39 is 36.0 Å². The van der Waals surface area contributed by atoms with Crippen LogP contribution in [-0.4, -0.2) is 63.7 Å². The molecule has 1 aliphatic heterocycles. The topological polar surface area (TPSA) is 150 Å². The third-order valence-corrected chi connectivity index (χ3v) is 4.55. The van der Waals surface area contributed by atoms with Gasteiger partial charge in [-0.2, -0.15) is 0 Å². The molecule has 9 heteroatoms. The maximum absolute atomic E-state index is 12.5. The van der Waals surface area contributed by atoms with E-state index in [4.69, 9.17) is 21.5 Å². The third-order valence-electron chi connectivity index (χ3n) is 4.55. The largest absolute Gasteiger partial charge is 0.480 e. The second-order valence-electron chi connectivity index (χ2n) is 7.52. The zero-order chi connectivity index (χ0) is 18.0. The van der Waals surface area contributed by atoms with Crippen LogP contribution in [0.25, 0.3) is 0 Å². The Morgan fingerprint density at radius 2 is 1.96 bits per heavy atom. The van der Waals surface area contributed by atoms with E-state index in [1.807, 2.05) is 20.8 Å². The van der Waals surface area contributed by atoms with Crippen molar-refractivity contribution < 1.29 is 24.7 Å². The molecule has 23 heavy (non-hydrogen) atoms. The number of aliphatic carboxylic acids is 1. The second kappa shape index (κ2) is 7.17. The van der Waals surface area contributed by atoms with Crippen molar-refractivity contribution in [3.8, 4) is 0 Å². The number of rotatable bonds is 6. The van der Waals surface area contributed by atoms with Crippen LogP contribution in [0.3, 0.4) is 0 Å². The molecule has 0 aromatic heterocycles. The Morgan fingerprint density at radius 3 is 2.39 bits per heavy atom. The summed E-state index contributed by atoms with van der Waals surface area (Å²) < 4.78 is 0. The predicted molar refractivity (Wildman–Crippen MR) is 86.3 cm³/mol. The van der Waals surface area contributed by atoms with Crippen molar-refractivity contribution in [2.24, 2.45) is 22.8 Å². The Labute approximate surface area is 137 Å². The van der Waals surface area contributed by atoms with E-state index in [2.05, 4.69) is 0 Å². The summed E-state index contributed by atoms with van der Waals surface area (Å²) in [4.78, 5) is 25.5. The molecular formula is C14H28BN3O5. The minimum Gasteiger partial charge on any atom is -0.480 e. The molecule has 8 nitrogen and oxygen atoms in total. The Bertz CT molecular complexity index is 454. The van der Waals surface area contributed by atoms with Gasteiger partial charge in [0.05, 0.1) is 6.04 Å². The third kappa shape index (κ3) is 4.66. The summed E-state index contributed by atoms with van der Waals surface area (Å²) >= 11 is 0. The maximum atomic E-state index is 12.5. The summed E-state index contributed by atoms with van der Waals surface area (Å²) in [5.74, 6) is -1.92. The number of hydrogen-bond acceptors (Lipinski definition) is 6. The maximum Gasteiger partial charge on any atom is 0.451 e. The minimum atomic E-state index is -1.53. The first-order valence-electron chi connectivity index (χ1n) is 7.82. The Balaban J connectivity index is 2.84. The molecule has 1 saturated heterocycles. The molecule has 1 rings (SSSR count). The van der Waals surface area contributed by atoms with E-state index in [9.17, 15) is 14.7 Å². The van der Waals surface area contributed by atoms with E-state index in [0.717, 1.165) is 0 Å². The fourth-order valence-electron chi connectivity index (χ4n) is 2.81. The Hall–Kier alpha value is -1.16. The van der Waals surface area contributed by atoms with Gasteiger partial charge in [0.15, 0.2) is 0 Å². The van der Waals surface area contributed by atoms with Gasteiger partial charge in [0.1, 0.15) is 5.54 Å². The molecular weight excluding hydrogens is 301 g/mol. The molecule has 0 radical (unpaired) electrons. The molecule has 1 amide bonds. The number of nitrogens with two attached hydrogens (primary N) is 2. The van der Waals surface area contributed by atoms with E-state index in [1.165, 1.54) is 4.90 Å². The van der Waals surface area contributed by atoms with Gasteiger partial charge in [0.25, 0.3) is 0 Å². The van der Waals surface area contributed by atoms with Crippen LogP contribution in [0.2, 0.25) is 6.32 Å². The number of hydrogen-bond donors (Lipinski definition) is 5. The van der Waals surface area contributed by atoms with Gasteiger partial charge < -0.3 is 31.5 Å². The molecule has 0 spiro atoms. The summed E-state index contributed by atoms with van der Waals surface area (Å²) in [6.07, 6.45) is 0.957. The van der Waals surface area contributed by atoms with Gasteiger partial charge in [-0.25, -0.2) is 0 Å². The van der Waals surface area contributed by atoms with Crippen LogP contribution in [0.15, 0.2) is 0 Å². The standard InChI is InChI=1S/C14H28BN3O5/c1-13(2,3)10(16)11(19)18-7-9(5-4-6-15(22)23)14(17,8-18)12(20)21/h9-10,22-23H,4-8,16-17H2,1-3H3,(H,20,21)/t9-,10?,14-/m0/s1. The van der Waals surface area contributed by atoms with Gasteiger partial charge >= 0.3 is 13.1 Å². The lowest BCUT2D eigenvalue weighted by atomic mass is 9.78. The van der Waals surface area contributed by atoms with Crippen LogP contribution in [0.4, 0.5) is 0 Å². The van der Waals surface area contributed by atoms with Crippen molar-refractivity contribution in [3.63, 3.8) is 0 Å². The molecule has 0 bridgehead atoms. The molecule has 1 fully saturated rings. The SMILES string of the molecule is CC(C)(C)C(N)C(=O)N1C[C@H](CCCB(O)O)[C@](N)(C(=O)O)C1. The average Bonchev–Trinajstić information content (AvgIpc) is 2.74. The number of amides is 1. The first kappa shape index (κ1) is 19.9. The Kier molecular flexibility index (Phi) is 6.20. The van der Waals surface area contributed by atoms with Crippen molar-refractivity contribution in [1.82, 2.24) is 4.90 Å². The highest BCUT2D eigenvalue weighted by Gasteiger charge is 2.51. The van der Waals surface area contributed by atoms with Gasteiger partial charge in [-0.05, 0) is 18.2 Å². The predicted octanol–water partition coefficient (Wildman–Crippen LogP) is -1.15. The lowest BCUT2D eigenvalue weighted by molar-refractivity contribution is -0.144. The number of carboxylic acids is 1. The molecule has 0 saturated carbocycles. The van der Waals surface area contributed by atoms with Gasteiger partial charge in [0.2, 0.25) is 5.91 Å². The highest BCUT2D eigenvalue weighted by Crippen LogP contribution is 2.32. The van der Waals surface area contributed by atoms with Gasteiger partial charge in [-0.15, -0.1) is 0 Å². The van der Waals surface area contributed by atoms with Gasteiger partial charge in [-0.1, -0.05) is 27.2 Å². The van der Waals surface area contributed by atoms with Crippen LogP contribution in [0.5, 0.6) is 0 Å². The van der Waals surface area contributed by atoms with Crippen molar-refractivity contribution in [3.05, 3.63) is 0 Å². The summed E-state index contributed by atoms with van der Waals surface area (Å²) in [6, 6.07) is -0.737. The number of nitrogens with zero attached hydrogens (tertiary/aromatic N) is 1. The second-order valence-corrected chi connectivity index (χ2v) is 7.52. The van der Waals surface area contributed by atoms with Crippen LogP contribution >= 0.6 is 0 Å². The zero-order valence-electron chi connectivity index (χ0n) is 14.0. The average molecular weight is 329 g/mol. The lowest BCUT2D eigenvalue weighted by Crippen LogP contribution is -2.56. The zero-order valence-corrected chi connectivity index (χ0v) is 14.0. The number of carboxylic acid groups (broad SMARTS) is 1. The molecule has 1 unspecified atom stereocenters. The molecule has 1 aliphatic rings. The first-order valence-corrected chi connectivity index (χ1v) is 7.82. The van der Waals surface area contributed by atoms with Gasteiger partial charge in [-0.3, -0.25) is 9.59 Å². The van der Waals surface area contributed by atoms with Crippen LogP contribution in [-0.2, 0) is 9.59 Å². The number of likely N-dealkylation sites (tertiary alicyclic amines) is 1. The van der Waals surface area contributed by atoms with Crippen molar-refractivity contribution in [1.29, 1.82) is 0 Å². The highest BCUT2D eigenvalue weighted by molar-refractivity contribution is 6.40. The molecule has 0 aromatic rings. The molecule has 132 valence electrons. The quantitative estimate of drug-likeness (QED) is 0.386. The molecule has 0 aromatic carbocycles. The van der Waals surface area contributed by atoms with E-state index in [-0.39, 0.29) is 25.3 Å². The smallest absolute Gasteiger partial charge is 0.451 e. The van der Waals surface area contributed by atoms with Crippen molar-refractivity contribution in [2.45, 2.75) is 51.5 Å². The van der Waals surface area contributed by atoms with Crippen LogP contribution in [0.1, 0.15) is 33.6 Å². The van der Waals surface area contributed by atoms with Gasteiger partial charge in [0, 0.05) is 19.0 Å². The monoisotopic (exact) mass is 329 g/mol. The fourth-order valence-corrected chi connectivity index (χ4v) is 2.81. The number of carbonyl (C=O) groups excluding carboxylic acids is 1.